The zero-order valence-electron chi connectivity index (χ0n) is 10.9. The van der Waals surface area contributed by atoms with Crippen LogP contribution in [0.5, 0.6) is 0 Å². The second kappa shape index (κ2) is 9.13. The highest BCUT2D eigenvalue weighted by Crippen LogP contribution is 2.08. The van der Waals surface area contributed by atoms with E-state index in [9.17, 15) is 4.79 Å². The smallest absolute Gasteiger partial charge is 0.265 e. The normalized spacial score (nSPS) is 14.1. The third kappa shape index (κ3) is 6.38. The highest BCUT2D eigenvalue weighted by molar-refractivity contribution is 6.38. The average molecular weight is 224 g/mol. The predicted octanol–water partition coefficient (Wildman–Crippen LogP) is 2.92. The Kier molecular flexibility index (Phi) is 8.49. The van der Waals surface area contributed by atoms with E-state index in [2.05, 4.69) is 24.2 Å². The molecule has 92 valence electrons. The maximum atomic E-state index is 11.6. The summed E-state index contributed by atoms with van der Waals surface area (Å²) in [5.74, 6) is 0.524. The fourth-order valence-corrected chi connectivity index (χ4v) is 1.47. The zero-order valence-corrected chi connectivity index (χ0v) is 10.9. The number of amides is 1. The molecule has 0 heterocycles. The number of hydrogen-bond acceptors (Lipinski definition) is 2. The molecule has 0 aromatic carbocycles. The third-order valence-corrected chi connectivity index (χ3v) is 2.57. The molecule has 0 rings (SSSR count). The molecule has 1 amide bonds. The Morgan fingerprint density at radius 1 is 1.44 bits per heavy atom. The molecule has 0 saturated heterocycles. The summed E-state index contributed by atoms with van der Waals surface area (Å²) in [5.41, 5.74) is 0.518. The van der Waals surface area contributed by atoms with E-state index >= 15 is 0 Å². The van der Waals surface area contributed by atoms with Crippen molar-refractivity contribution < 1.29 is 4.79 Å². The summed E-state index contributed by atoms with van der Waals surface area (Å²) in [6.07, 6.45) is 6.89. The van der Waals surface area contributed by atoms with Crippen molar-refractivity contribution in [2.75, 3.05) is 6.54 Å². The van der Waals surface area contributed by atoms with Gasteiger partial charge in [0.2, 0.25) is 0 Å². The number of aliphatic imine (C=N–C) groups is 1. The molecule has 1 unspecified atom stereocenters. The van der Waals surface area contributed by atoms with Crippen LogP contribution in [0.4, 0.5) is 0 Å². The molecule has 3 heteroatoms. The second-order valence-corrected chi connectivity index (χ2v) is 3.97. The molecule has 0 aliphatic carbocycles. The molecule has 3 nitrogen and oxygen atoms in total. The molecule has 0 radical (unpaired) electrons. The number of rotatable bonds is 7. The lowest BCUT2D eigenvalue weighted by molar-refractivity contribution is -0.115. The van der Waals surface area contributed by atoms with Crippen molar-refractivity contribution in [2.24, 2.45) is 10.9 Å². The van der Waals surface area contributed by atoms with E-state index in [1.807, 2.05) is 13.0 Å². The minimum absolute atomic E-state index is 0.0624. The number of carbonyl (C=O) groups excluding carboxylic acids is 1. The number of hydrogen-bond donors (Lipinski definition) is 1. The zero-order chi connectivity index (χ0) is 12.4. The first-order valence-corrected chi connectivity index (χ1v) is 6.09. The van der Waals surface area contributed by atoms with Crippen molar-refractivity contribution in [1.29, 1.82) is 0 Å². The van der Waals surface area contributed by atoms with Gasteiger partial charge in [0.05, 0.1) is 0 Å². The van der Waals surface area contributed by atoms with Crippen LogP contribution in [-0.2, 0) is 4.79 Å². The monoisotopic (exact) mass is 224 g/mol. The van der Waals surface area contributed by atoms with E-state index in [0.717, 1.165) is 13.0 Å². The Bertz CT molecular complexity index is 257. The van der Waals surface area contributed by atoms with Crippen molar-refractivity contribution >= 4 is 11.6 Å². The first kappa shape index (κ1) is 14.9. The molecule has 1 N–H and O–H groups in total. The van der Waals surface area contributed by atoms with E-state index in [1.165, 1.54) is 12.8 Å². The molecule has 0 aromatic rings. The van der Waals surface area contributed by atoms with Crippen LogP contribution in [0.25, 0.3) is 0 Å². The van der Waals surface area contributed by atoms with Crippen LogP contribution in [0, 0.1) is 5.92 Å². The summed E-state index contributed by atoms with van der Waals surface area (Å²) in [7, 11) is 0. The van der Waals surface area contributed by atoms with Gasteiger partial charge in [-0.05, 0) is 26.2 Å². The number of allylic oxidation sites excluding steroid dienone is 1. The van der Waals surface area contributed by atoms with Gasteiger partial charge in [-0.2, -0.15) is 0 Å². The van der Waals surface area contributed by atoms with Gasteiger partial charge in [0.15, 0.2) is 0 Å². The van der Waals surface area contributed by atoms with Crippen LogP contribution < -0.4 is 5.32 Å². The Morgan fingerprint density at radius 2 is 2.12 bits per heavy atom. The van der Waals surface area contributed by atoms with E-state index in [-0.39, 0.29) is 5.91 Å². The highest BCUT2D eigenvalue weighted by Gasteiger charge is 2.09. The summed E-state index contributed by atoms with van der Waals surface area (Å²) >= 11 is 0. The van der Waals surface area contributed by atoms with E-state index in [4.69, 9.17) is 0 Å². The summed E-state index contributed by atoms with van der Waals surface area (Å²) < 4.78 is 0. The molecule has 0 aliphatic rings. The van der Waals surface area contributed by atoms with E-state index < -0.39 is 0 Å². The van der Waals surface area contributed by atoms with Crippen molar-refractivity contribution in [3.8, 4) is 0 Å². The minimum atomic E-state index is -0.0624. The van der Waals surface area contributed by atoms with Gasteiger partial charge in [0.25, 0.3) is 5.91 Å². The molecule has 0 aromatic heterocycles. The summed E-state index contributed by atoms with van der Waals surface area (Å²) in [4.78, 5) is 15.6. The van der Waals surface area contributed by atoms with Crippen molar-refractivity contribution in [1.82, 2.24) is 5.32 Å². The largest absolute Gasteiger partial charge is 0.351 e. The fourth-order valence-electron chi connectivity index (χ4n) is 1.47. The molecule has 0 aliphatic heterocycles. The standard InChI is InChI=1S/C13H24N2O/c1-5-8-12(7-3)10-15-13(16)11(4)14-9-6-2/h6,9,12H,5,7-8,10H2,1-4H3,(H,15,16)/b9-6-,14-11?. The van der Waals surface area contributed by atoms with Crippen LogP contribution in [0.3, 0.4) is 0 Å². The van der Waals surface area contributed by atoms with Crippen LogP contribution in [0.1, 0.15) is 47.0 Å². The topological polar surface area (TPSA) is 41.5 Å². The summed E-state index contributed by atoms with van der Waals surface area (Å²) in [6.45, 7) is 8.70. The SMILES string of the molecule is C/C=C\N=C(C)C(=O)NCC(CC)CCC. The van der Waals surface area contributed by atoms with Gasteiger partial charge in [-0.1, -0.05) is 32.8 Å². The Hall–Kier alpha value is -1.12. The lowest BCUT2D eigenvalue weighted by Gasteiger charge is -2.14. The van der Waals surface area contributed by atoms with E-state index in [0.29, 0.717) is 11.6 Å². The summed E-state index contributed by atoms with van der Waals surface area (Å²) in [5, 5.41) is 2.92. The van der Waals surface area contributed by atoms with Gasteiger partial charge in [0, 0.05) is 12.7 Å². The Balaban J connectivity index is 4.04. The number of carbonyl (C=O) groups is 1. The van der Waals surface area contributed by atoms with Gasteiger partial charge >= 0.3 is 0 Å². The number of nitrogens with zero attached hydrogens (tertiary/aromatic N) is 1. The van der Waals surface area contributed by atoms with E-state index in [1.54, 1.807) is 13.1 Å². The van der Waals surface area contributed by atoms with Crippen LogP contribution in [0.2, 0.25) is 0 Å². The molecule has 0 saturated carbocycles. The van der Waals surface area contributed by atoms with Crippen LogP contribution in [0.15, 0.2) is 17.3 Å². The second-order valence-electron chi connectivity index (χ2n) is 3.97. The molecule has 0 bridgehead atoms. The first-order chi connectivity index (χ1) is 7.65. The Morgan fingerprint density at radius 3 is 2.62 bits per heavy atom. The first-order valence-electron chi connectivity index (χ1n) is 6.09. The lowest BCUT2D eigenvalue weighted by atomic mass is 10.0. The van der Waals surface area contributed by atoms with Crippen LogP contribution in [-0.4, -0.2) is 18.2 Å². The maximum Gasteiger partial charge on any atom is 0.265 e. The average Bonchev–Trinajstić information content (AvgIpc) is 2.30. The summed E-state index contributed by atoms with van der Waals surface area (Å²) in [6, 6.07) is 0. The van der Waals surface area contributed by atoms with Crippen molar-refractivity contribution in [2.45, 2.75) is 47.0 Å². The maximum absolute atomic E-state index is 11.6. The predicted molar refractivity (Wildman–Crippen MR) is 69.6 cm³/mol. The molecule has 1 atom stereocenters. The fraction of sp³-hybridized carbons (Fsp3) is 0.692. The van der Waals surface area contributed by atoms with Gasteiger partial charge in [0.1, 0.15) is 5.71 Å². The van der Waals surface area contributed by atoms with Gasteiger partial charge in [-0.25, -0.2) is 0 Å². The minimum Gasteiger partial charge on any atom is -0.351 e. The van der Waals surface area contributed by atoms with Gasteiger partial charge in [-0.15, -0.1) is 0 Å². The molecule has 0 spiro atoms. The third-order valence-electron chi connectivity index (χ3n) is 2.57. The highest BCUT2D eigenvalue weighted by atomic mass is 16.1. The molecule has 0 fully saturated rings. The molecular formula is C13H24N2O. The molecular weight excluding hydrogens is 200 g/mol. The molecule has 16 heavy (non-hydrogen) atoms. The van der Waals surface area contributed by atoms with Gasteiger partial charge in [-0.3, -0.25) is 9.79 Å². The quantitative estimate of drug-likeness (QED) is 0.664. The van der Waals surface area contributed by atoms with Crippen molar-refractivity contribution in [3.05, 3.63) is 12.3 Å². The number of nitrogens with one attached hydrogen (secondary N) is 1. The van der Waals surface area contributed by atoms with Crippen LogP contribution >= 0.6 is 0 Å². The van der Waals surface area contributed by atoms with Crippen molar-refractivity contribution in [3.63, 3.8) is 0 Å². The Labute approximate surface area is 99.0 Å². The lowest BCUT2D eigenvalue weighted by Crippen LogP contribution is -2.33. The van der Waals surface area contributed by atoms with Gasteiger partial charge < -0.3 is 5.32 Å².